The molecule has 2 aromatic carbocycles. The van der Waals surface area contributed by atoms with Crippen LogP contribution in [0, 0.1) is 3.57 Å². The predicted octanol–water partition coefficient (Wildman–Crippen LogP) is 4.75. The van der Waals surface area contributed by atoms with Gasteiger partial charge in [0.15, 0.2) is 16.3 Å². The molecule has 4 rings (SSSR count). The Kier molecular flexibility index (Phi) is 9.67. The molecule has 2 heterocycles. The van der Waals surface area contributed by atoms with Crippen LogP contribution in [-0.2, 0) is 9.53 Å². The zero-order valence-electron chi connectivity index (χ0n) is 21.5. The molecule has 0 unspecified atom stereocenters. The third kappa shape index (κ3) is 6.15. The van der Waals surface area contributed by atoms with E-state index in [2.05, 4.69) is 50.1 Å². The zero-order valence-corrected chi connectivity index (χ0v) is 26.1. The summed E-state index contributed by atoms with van der Waals surface area (Å²) >= 11 is 6.95. The molecule has 204 valence electrons. The lowest BCUT2D eigenvalue weighted by atomic mass is 9.97. The van der Waals surface area contributed by atoms with E-state index in [1.165, 1.54) is 29.2 Å². The maximum Gasteiger partial charge on any atom is 0.337 e. The molecule has 0 N–H and O–H groups in total. The Morgan fingerprint density at radius 3 is 2.62 bits per heavy atom. The molecule has 1 aliphatic rings. The minimum absolute atomic E-state index is 0.232. The molecule has 1 aromatic heterocycles. The Labute approximate surface area is 251 Å². The summed E-state index contributed by atoms with van der Waals surface area (Å²) in [5.74, 6) is 1.17. The first-order chi connectivity index (χ1) is 18.8. The number of halogens is 2. The summed E-state index contributed by atoms with van der Waals surface area (Å²) in [6.45, 7) is 8.70. The number of thiazole rings is 1. The smallest absolute Gasteiger partial charge is 0.337 e. The largest absolute Gasteiger partial charge is 0.490 e. The van der Waals surface area contributed by atoms with E-state index in [-0.39, 0.29) is 11.1 Å². The van der Waals surface area contributed by atoms with Crippen LogP contribution in [0.3, 0.4) is 0 Å². The predicted molar refractivity (Wildman–Crippen MR) is 162 cm³/mol. The number of nitrogens with zero attached hydrogens (tertiary/aromatic N) is 2. The second-order valence-corrected chi connectivity index (χ2v) is 11.2. The molecule has 0 spiro atoms. The van der Waals surface area contributed by atoms with Gasteiger partial charge in [0.25, 0.3) is 5.56 Å². The Hall–Kier alpha value is -2.90. The highest BCUT2D eigenvalue weighted by atomic mass is 127. The molecule has 0 fully saturated rings. The molecule has 0 amide bonds. The van der Waals surface area contributed by atoms with Crippen LogP contribution in [0.5, 0.6) is 17.2 Å². The minimum Gasteiger partial charge on any atom is -0.490 e. The summed E-state index contributed by atoms with van der Waals surface area (Å²) in [4.78, 5) is 31.6. The van der Waals surface area contributed by atoms with E-state index < -0.39 is 12.0 Å². The number of ether oxygens (including phenoxy) is 4. The van der Waals surface area contributed by atoms with Gasteiger partial charge in [0, 0.05) is 16.2 Å². The second-order valence-electron chi connectivity index (χ2n) is 8.15. The molecule has 11 heteroatoms. The molecule has 8 nitrogen and oxygen atoms in total. The van der Waals surface area contributed by atoms with Crippen LogP contribution in [-0.4, -0.2) is 37.5 Å². The lowest BCUT2D eigenvalue weighted by Gasteiger charge is -2.23. The van der Waals surface area contributed by atoms with E-state index in [9.17, 15) is 9.59 Å². The summed E-state index contributed by atoms with van der Waals surface area (Å²) in [6.07, 6.45) is 4.90. The zero-order chi connectivity index (χ0) is 28.1. The molecule has 1 aliphatic heterocycles. The number of benzene rings is 2. The SMILES string of the molecule is C=CCOc1c(I)cc(Br)cc1/C=c1/sc2n(c1=O)[C@@H](c1ccc(OCC)c(OCC)c1)C(C(=O)OC)=CN=2. The Morgan fingerprint density at radius 2 is 1.92 bits per heavy atom. The maximum atomic E-state index is 13.9. The lowest BCUT2D eigenvalue weighted by Crippen LogP contribution is -2.39. The van der Waals surface area contributed by atoms with Gasteiger partial charge in [-0.1, -0.05) is 46.0 Å². The third-order valence-electron chi connectivity index (χ3n) is 5.68. The monoisotopic (exact) mass is 724 g/mol. The van der Waals surface area contributed by atoms with Gasteiger partial charge in [-0.2, -0.15) is 0 Å². The van der Waals surface area contributed by atoms with Crippen LogP contribution in [0.25, 0.3) is 6.08 Å². The second kappa shape index (κ2) is 13.0. The number of rotatable bonds is 10. The van der Waals surface area contributed by atoms with Gasteiger partial charge in [0.1, 0.15) is 12.4 Å². The normalized spacial score (nSPS) is 14.6. The Bertz CT molecular complexity index is 1630. The first-order valence-corrected chi connectivity index (χ1v) is 14.7. The van der Waals surface area contributed by atoms with Crippen molar-refractivity contribution in [2.24, 2.45) is 4.99 Å². The summed E-state index contributed by atoms with van der Waals surface area (Å²) < 4.78 is 26.1. The molecule has 39 heavy (non-hydrogen) atoms. The molecule has 0 saturated heterocycles. The van der Waals surface area contributed by atoms with Crippen LogP contribution in [0.4, 0.5) is 0 Å². The van der Waals surface area contributed by atoms with Crippen molar-refractivity contribution in [1.29, 1.82) is 0 Å². The number of esters is 1. The van der Waals surface area contributed by atoms with Gasteiger partial charge < -0.3 is 18.9 Å². The average molecular weight is 725 g/mol. The fraction of sp³-hybridized carbons (Fsp3) is 0.250. The number of hydrogen-bond donors (Lipinski definition) is 0. The number of methoxy groups -OCH3 is 1. The summed E-state index contributed by atoms with van der Waals surface area (Å²) in [6, 6.07) is 8.43. The first-order valence-electron chi connectivity index (χ1n) is 12.0. The van der Waals surface area contributed by atoms with E-state index >= 15 is 0 Å². The number of fused-ring (bicyclic) bond motifs is 1. The van der Waals surface area contributed by atoms with Crippen LogP contribution in [0.2, 0.25) is 0 Å². The fourth-order valence-electron chi connectivity index (χ4n) is 4.11. The summed E-state index contributed by atoms with van der Waals surface area (Å²) in [5, 5.41) is 0. The van der Waals surface area contributed by atoms with Gasteiger partial charge in [-0.3, -0.25) is 9.36 Å². The number of carbonyl (C=O) groups is 1. The van der Waals surface area contributed by atoms with Crippen molar-refractivity contribution in [3.63, 3.8) is 0 Å². The van der Waals surface area contributed by atoms with Crippen LogP contribution in [0.15, 0.2) is 69.0 Å². The van der Waals surface area contributed by atoms with E-state index in [0.717, 1.165) is 13.6 Å². The minimum atomic E-state index is -0.773. The van der Waals surface area contributed by atoms with Crippen LogP contribution in [0.1, 0.15) is 31.0 Å². The molecule has 0 aliphatic carbocycles. The summed E-state index contributed by atoms with van der Waals surface area (Å²) in [5.41, 5.74) is 1.32. The molecular weight excluding hydrogens is 699 g/mol. The van der Waals surface area contributed by atoms with Gasteiger partial charge in [-0.05, 0) is 72.3 Å². The van der Waals surface area contributed by atoms with Crippen molar-refractivity contribution >= 4 is 61.9 Å². The van der Waals surface area contributed by atoms with Crippen molar-refractivity contribution in [3.05, 3.63) is 93.6 Å². The molecule has 0 saturated carbocycles. The van der Waals surface area contributed by atoms with Crippen LogP contribution < -0.4 is 29.1 Å². The van der Waals surface area contributed by atoms with Gasteiger partial charge >= 0.3 is 5.97 Å². The van der Waals surface area contributed by atoms with E-state index in [4.69, 9.17) is 18.9 Å². The number of hydrogen-bond acceptors (Lipinski definition) is 8. The highest BCUT2D eigenvalue weighted by Gasteiger charge is 2.31. The van der Waals surface area contributed by atoms with E-state index in [1.54, 1.807) is 24.3 Å². The number of aromatic nitrogens is 1. The lowest BCUT2D eigenvalue weighted by molar-refractivity contribution is -0.136. The van der Waals surface area contributed by atoms with Crippen molar-refractivity contribution in [2.75, 3.05) is 26.9 Å². The van der Waals surface area contributed by atoms with Crippen molar-refractivity contribution in [3.8, 4) is 17.2 Å². The quantitative estimate of drug-likeness (QED) is 0.171. The van der Waals surface area contributed by atoms with Gasteiger partial charge in [-0.25, -0.2) is 9.79 Å². The third-order valence-corrected chi connectivity index (χ3v) is 7.93. The van der Waals surface area contributed by atoms with E-state index in [1.807, 2.05) is 32.0 Å². The van der Waals surface area contributed by atoms with Crippen molar-refractivity contribution in [1.82, 2.24) is 4.57 Å². The molecule has 1 atom stereocenters. The maximum absolute atomic E-state index is 13.9. The van der Waals surface area contributed by atoms with Gasteiger partial charge in [0.05, 0.1) is 40.0 Å². The van der Waals surface area contributed by atoms with E-state index in [0.29, 0.717) is 52.0 Å². The number of carbonyl (C=O) groups excluding carboxylic acids is 1. The molecule has 0 radical (unpaired) electrons. The Morgan fingerprint density at radius 1 is 1.18 bits per heavy atom. The topological polar surface area (TPSA) is 88.3 Å². The standard InChI is InChI=1S/C28H26BrIN2O6S/c1-5-10-38-25-17(11-18(29)14-20(25)30)13-23-26(33)32-24(19(27(34)35-4)15-31-28(32)39-23)16-8-9-21(36-6-2)22(12-16)37-7-3/h5,8-9,11-15,24H,1,6-7,10H2,2-4H3/b23-13+/t24-/m0/s1. The Balaban J connectivity index is 1.93. The van der Waals surface area contributed by atoms with Gasteiger partial charge in [-0.15, -0.1) is 0 Å². The molecular formula is C28H26BrIN2O6S. The van der Waals surface area contributed by atoms with Crippen molar-refractivity contribution < 1.29 is 23.7 Å². The molecule has 0 bridgehead atoms. The van der Waals surface area contributed by atoms with Crippen LogP contribution >= 0.6 is 49.9 Å². The fourth-order valence-corrected chi connectivity index (χ4v) is 6.78. The first kappa shape index (κ1) is 29.1. The average Bonchev–Trinajstić information content (AvgIpc) is 3.23. The highest BCUT2D eigenvalue weighted by Crippen LogP contribution is 2.35. The van der Waals surface area contributed by atoms with Gasteiger partial charge in [0.2, 0.25) is 0 Å². The van der Waals surface area contributed by atoms with Crippen molar-refractivity contribution in [2.45, 2.75) is 19.9 Å². The highest BCUT2D eigenvalue weighted by molar-refractivity contribution is 14.1. The summed E-state index contributed by atoms with van der Waals surface area (Å²) in [7, 11) is 1.30. The molecule has 3 aromatic rings.